The summed E-state index contributed by atoms with van der Waals surface area (Å²) in [5.74, 6) is -0.0178. The van der Waals surface area contributed by atoms with Gasteiger partial charge in [0.15, 0.2) is 0 Å². The van der Waals surface area contributed by atoms with Gasteiger partial charge in [0.2, 0.25) is 0 Å². The first-order chi connectivity index (χ1) is 18.4. The smallest absolute Gasteiger partial charge is 0.437 e. The van der Waals surface area contributed by atoms with Crippen LogP contribution in [0.25, 0.3) is 11.3 Å². The highest BCUT2D eigenvalue weighted by molar-refractivity contribution is 6.37. The minimum atomic E-state index is -0.841. The number of nitrogens with zero attached hydrogens (tertiary/aromatic N) is 2. The van der Waals surface area contributed by atoms with Crippen molar-refractivity contribution in [2.75, 3.05) is 51.0 Å². The molecule has 0 aromatic heterocycles. The molecule has 0 bridgehead atoms. The van der Waals surface area contributed by atoms with Crippen molar-refractivity contribution in [3.8, 4) is 5.75 Å². The molecule has 194 valence electrons. The van der Waals surface area contributed by atoms with Crippen LogP contribution in [0.5, 0.6) is 5.75 Å². The Kier molecular flexibility index (Phi) is 7.10. The Hall–Kier alpha value is -4.63. The van der Waals surface area contributed by atoms with Gasteiger partial charge in [-0.1, -0.05) is 30.3 Å². The number of carbonyl (C=O) groups excluding carboxylic acids is 3. The molecule has 2 aliphatic heterocycles. The fraction of sp³-hybridized carbons (Fsp3) is 0.207. The average Bonchev–Trinajstić information content (AvgIpc) is 3.27. The Morgan fingerprint density at radius 2 is 1.61 bits per heavy atom. The van der Waals surface area contributed by atoms with Gasteiger partial charge in [-0.3, -0.25) is 9.59 Å². The third-order valence-corrected chi connectivity index (χ3v) is 6.61. The van der Waals surface area contributed by atoms with E-state index in [9.17, 15) is 14.4 Å². The number of amides is 2. The number of nitrogens with one attached hydrogen (secondary N) is 2. The van der Waals surface area contributed by atoms with E-state index in [-0.39, 0.29) is 17.6 Å². The van der Waals surface area contributed by atoms with Gasteiger partial charge in [0.25, 0.3) is 11.8 Å². The van der Waals surface area contributed by atoms with Crippen LogP contribution < -0.4 is 15.4 Å². The molecule has 2 heterocycles. The summed E-state index contributed by atoms with van der Waals surface area (Å²) in [6, 6.07) is 21.7. The molecule has 0 aliphatic carbocycles. The molecule has 9 heteroatoms. The van der Waals surface area contributed by atoms with Crippen molar-refractivity contribution in [2.24, 2.45) is 0 Å². The normalized spacial score (nSPS) is 16.4. The summed E-state index contributed by atoms with van der Waals surface area (Å²) in [6.07, 6.45) is -0.841. The van der Waals surface area contributed by atoms with Crippen LogP contribution in [0.3, 0.4) is 0 Å². The molecule has 0 atom stereocenters. The summed E-state index contributed by atoms with van der Waals surface area (Å²) in [7, 11) is 3.28. The first-order valence-electron chi connectivity index (χ1n) is 12.3. The summed E-state index contributed by atoms with van der Waals surface area (Å²) in [5, 5.41) is 6.25. The molecule has 0 unspecified atom stereocenters. The number of piperazine rings is 1. The maximum absolute atomic E-state index is 13.2. The summed E-state index contributed by atoms with van der Waals surface area (Å²) in [6.45, 7) is 3.14. The van der Waals surface area contributed by atoms with Gasteiger partial charge < -0.3 is 29.9 Å². The minimum Gasteiger partial charge on any atom is -0.437 e. The van der Waals surface area contributed by atoms with Gasteiger partial charge in [-0.15, -0.1) is 0 Å². The number of carbonyl (C=O) groups is 3. The summed E-state index contributed by atoms with van der Waals surface area (Å²) in [5.41, 5.74) is 4.43. The van der Waals surface area contributed by atoms with E-state index < -0.39 is 6.16 Å². The number of likely N-dealkylation sites (N-methyl/N-ethyl adjacent to an activating group) is 1. The van der Waals surface area contributed by atoms with Crippen LogP contribution >= 0.6 is 0 Å². The fourth-order valence-corrected chi connectivity index (χ4v) is 4.52. The first kappa shape index (κ1) is 25.0. The van der Waals surface area contributed by atoms with Gasteiger partial charge in [0.05, 0.1) is 24.1 Å². The van der Waals surface area contributed by atoms with E-state index in [1.54, 1.807) is 30.3 Å². The third-order valence-electron chi connectivity index (χ3n) is 6.61. The van der Waals surface area contributed by atoms with Gasteiger partial charge in [-0.05, 0) is 49.0 Å². The second-order valence-electron chi connectivity index (χ2n) is 9.13. The predicted molar refractivity (Wildman–Crippen MR) is 145 cm³/mol. The first-order valence-corrected chi connectivity index (χ1v) is 12.3. The number of rotatable bonds is 5. The lowest BCUT2D eigenvalue weighted by atomic mass is 10.00. The van der Waals surface area contributed by atoms with Gasteiger partial charge in [0.1, 0.15) is 5.75 Å². The van der Waals surface area contributed by atoms with Crippen molar-refractivity contribution in [2.45, 2.75) is 0 Å². The van der Waals surface area contributed by atoms with E-state index in [1.165, 1.54) is 7.11 Å². The van der Waals surface area contributed by atoms with Crippen LogP contribution in [-0.4, -0.2) is 68.1 Å². The maximum atomic E-state index is 13.2. The Labute approximate surface area is 220 Å². The monoisotopic (exact) mass is 512 g/mol. The molecule has 3 aromatic carbocycles. The second kappa shape index (κ2) is 10.8. The largest absolute Gasteiger partial charge is 0.513 e. The van der Waals surface area contributed by atoms with E-state index in [1.807, 2.05) is 47.4 Å². The summed E-state index contributed by atoms with van der Waals surface area (Å²) in [4.78, 5) is 41.7. The third kappa shape index (κ3) is 5.23. The van der Waals surface area contributed by atoms with Crippen molar-refractivity contribution in [3.63, 3.8) is 0 Å². The molecule has 9 nitrogen and oxygen atoms in total. The van der Waals surface area contributed by atoms with E-state index in [4.69, 9.17) is 4.74 Å². The SMILES string of the molecule is COC(=O)Oc1ccc2c(c1)NC(=O)/C2=C(\Nc1ccc(C(=O)N2CCN(C)CC2)cc1)c1ccccc1. The minimum absolute atomic E-state index is 0.0142. The molecule has 1 fully saturated rings. The standard InChI is InChI=1S/C29H28N4O5/c1-32-14-16-33(17-15-32)28(35)20-8-10-21(11-9-20)30-26(19-6-4-3-5-7-19)25-23-13-12-22(38-29(36)37-2)18-24(23)31-27(25)34/h3-13,18,30H,14-17H2,1-2H3,(H,31,34)/b26-25-. The Balaban J connectivity index is 1.45. The molecular formula is C29H28N4O5. The number of hydrogen-bond donors (Lipinski definition) is 2. The summed E-state index contributed by atoms with van der Waals surface area (Å²) >= 11 is 0. The lowest BCUT2D eigenvalue weighted by Gasteiger charge is -2.32. The lowest BCUT2D eigenvalue weighted by molar-refractivity contribution is -0.110. The zero-order valence-electron chi connectivity index (χ0n) is 21.2. The molecule has 0 radical (unpaired) electrons. The second-order valence-corrected chi connectivity index (χ2v) is 9.13. The highest BCUT2D eigenvalue weighted by atomic mass is 16.7. The Morgan fingerprint density at radius 3 is 2.29 bits per heavy atom. The average molecular weight is 513 g/mol. The number of benzene rings is 3. The number of ether oxygens (including phenoxy) is 2. The van der Waals surface area contributed by atoms with E-state index in [0.29, 0.717) is 41.2 Å². The maximum Gasteiger partial charge on any atom is 0.513 e. The Morgan fingerprint density at radius 1 is 0.895 bits per heavy atom. The molecule has 38 heavy (non-hydrogen) atoms. The molecule has 5 rings (SSSR count). The zero-order valence-corrected chi connectivity index (χ0v) is 21.2. The highest BCUT2D eigenvalue weighted by Crippen LogP contribution is 2.39. The molecular weight excluding hydrogens is 484 g/mol. The van der Waals surface area contributed by atoms with E-state index in [2.05, 4.69) is 27.3 Å². The molecule has 1 saturated heterocycles. The Bertz CT molecular complexity index is 1390. The van der Waals surface area contributed by atoms with Crippen LogP contribution in [0.4, 0.5) is 16.2 Å². The van der Waals surface area contributed by atoms with Crippen LogP contribution in [0.2, 0.25) is 0 Å². The number of hydrogen-bond acceptors (Lipinski definition) is 7. The molecule has 2 N–H and O–H groups in total. The topological polar surface area (TPSA) is 100 Å². The number of anilines is 2. The van der Waals surface area contributed by atoms with Crippen LogP contribution in [-0.2, 0) is 9.53 Å². The van der Waals surface area contributed by atoms with Crippen molar-refractivity contribution < 1.29 is 23.9 Å². The molecule has 0 saturated carbocycles. The van der Waals surface area contributed by atoms with Crippen molar-refractivity contribution in [1.29, 1.82) is 0 Å². The molecule has 2 aliphatic rings. The lowest BCUT2D eigenvalue weighted by Crippen LogP contribution is -2.47. The molecule has 0 spiro atoms. The fourth-order valence-electron chi connectivity index (χ4n) is 4.52. The van der Waals surface area contributed by atoms with Crippen LogP contribution in [0, 0.1) is 0 Å². The van der Waals surface area contributed by atoms with Gasteiger partial charge >= 0.3 is 6.16 Å². The highest BCUT2D eigenvalue weighted by Gasteiger charge is 2.29. The molecule has 2 amide bonds. The van der Waals surface area contributed by atoms with E-state index >= 15 is 0 Å². The van der Waals surface area contributed by atoms with Gasteiger partial charge in [0, 0.05) is 49.1 Å². The van der Waals surface area contributed by atoms with Crippen molar-refractivity contribution in [1.82, 2.24) is 9.80 Å². The van der Waals surface area contributed by atoms with E-state index in [0.717, 1.165) is 24.3 Å². The molecule has 3 aromatic rings. The van der Waals surface area contributed by atoms with Gasteiger partial charge in [-0.2, -0.15) is 0 Å². The predicted octanol–water partition coefficient (Wildman–Crippen LogP) is 4.15. The van der Waals surface area contributed by atoms with Gasteiger partial charge in [-0.25, -0.2) is 4.79 Å². The quantitative estimate of drug-likeness (QED) is 0.301. The van der Waals surface area contributed by atoms with Crippen molar-refractivity contribution in [3.05, 3.63) is 89.5 Å². The zero-order chi connectivity index (χ0) is 26.6. The number of fused-ring (bicyclic) bond motifs is 1. The van der Waals surface area contributed by atoms with Crippen LogP contribution in [0.1, 0.15) is 21.5 Å². The summed E-state index contributed by atoms with van der Waals surface area (Å²) < 4.78 is 9.65. The van der Waals surface area contributed by atoms with Crippen LogP contribution in [0.15, 0.2) is 72.8 Å². The number of methoxy groups -OCH3 is 1. The van der Waals surface area contributed by atoms with Crippen molar-refractivity contribution >= 4 is 40.6 Å².